The normalized spacial score (nSPS) is 10.7. The van der Waals surface area contributed by atoms with E-state index in [0.29, 0.717) is 11.1 Å². The Morgan fingerprint density at radius 1 is 1.11 bits per heavy atom. The van der Waals surface area contributed by atoms with Crippen molar-refractivity contribution >= 4 is 16.7 Å². The molecule has 0 saturated carbocycles. The van der Waals surface area contributed by atoms with Crippen LogP contribution in [0.1, 0.15) is 17.3 Å². The van der Waals surface area contributed by atoms with Crippen LogP contribution in [0, 0.1) is 0 Å². The number of aromatic nitrogens is 1. The molecule has 0 aliphatic rings. The van der Waals surface area contributed by atoms with E-state index in [-0.39, 0.29) is 5.78 Å². The second kappa shape index (κ2) is 4.11. The van der Waals surface area contributed by atoms with Crippen molar-refractivity contribution in [1.29, 1.82) is 0 Å². The van der Waals surface area contributed by atoms with Crippen molar-refractivity contribution in [2.45, 2.75) is 6.92 Å². The minimum Gasteiger partial charge on any atom is -0.355 e. The minimum absolute atomic E-state index is 0.0289. The Balaban J connectivity index is 2.19. The van der Waals surface area contributed by atoms with Crippen molar-refractivity contribution in [1.82, 2.24) is 5.16 Å². The van der Waals surface area contributed by atoms with Crippen LogP contribution in [-0.4, -0.2) is 10.9 Å². The van der Waals surface area contributed by atoms with Crippen LogP contribution in [0.3, 0.4) is 0 Å². The molecule has 0 aliphatic heterocycles. The van der Waals surface area contributed by atoms with E-state index in [9.17, 15) is 4.79 Å². The first kappa shape index (κ1) is 10.7. The van der Waals surface area contributed by atoms with Crippen molar-refractivity contribution in [2.24, 2.45) is 0 Å². The lowest BCUT2D eigenvalue weighted by Crippen LogP contribution is -1.90. The quantitative estimate of drug-likeness (QED) is 0.638. The van der Waals surface area contributed by atoms with Gasteiger partial charge < -0.3 is 4.52 Å². The molecule has 0 atom stereocenters. The van der Waals surface area contributed by atoms with E-state index >= 15 is 0 Å². The molecule has 3 aromatic rings. The Morgan fingerprint density at radius 3 is 2.61 bits per heavy atom. The molecule has 1 aromatic heterocycles. The lowest BCUT2D eigenvalue weighted by molar-refractivity contribution is 0.101. The highest BCUT2D eigenvalue weighted by Gasteiger charge is 2.11. The van der Waals surface area contributed by atoms with Gasteiger partial charge in [0.25, 0.3) is 0 Å². The average Bonchev–Trinajstić information content (AvgIpc) is 2.82. The summed E-state index contributed by atoms with van der Waals surface area (Å²) in [5.74, 6) is 0.766. The van der Waals surface area contributed by atoms with Gasteiger partial charge in [-0.3, -0.25) is 4.79 Å². The number of ketones is 1. The Labute approximate surface area is 104 Å². The average molecular weight is 237 g/mol. The van der Waals surface area contributed by atoms with Crippen LogP contribution in [0.2, 0.25) is 0 Å². The third-order valence-corrected chi connectivity index (χ3v) is 2.92. The molecule has 2 aromatic carbocycles. The molecule has 3 nitrogen and oxygen atoms in total. The smallest absolute Gasteiger partial charge is 0.174 e. The number of hydrogen-bond acceptors (Lipinski definition) is 3. The lowest BCUT2D eigenvalue weighted by Gasteiger charge is -1.97. The van der Waals surface area contributed by atoms with Crippen LogP contribution in [-0.2, 0) is 0 Å². The number of carbonyl (C=O) groups is 1. The first-order valence-corrected chi connectivity index (χ1v) is 5.71. The zero-order chi connectivity index (χ0) is 12.5. The maximum absolute atomic E-state index is 11.3. The van der Waals surface area contributed by atoms with Gasteiger partial charge in [-0.2, -0.15) is 0 Å². The summed E-state index contributed by atoms with van der Waals surface area (Å²) in [4.78, 5) is 11.3. The number of nitrogens with zero attached hydrogens (tertiary/aromatic N) is 1. The van der Waals surface area contributed by atoms with Crippen LogP contribution in [0.5, 0.6) is 0 Å². The van der Waals surface area contributed by atoms with Gasteiger partial charge in [0, 0.05) is 16.5 Å². The summed E-state index contributed by atoms with van der Waals surface area (Å²) in [6, 6.07) is 15.2. The molecule has 0 aliphatic carbocycles. The molecule has 18 heavy (non-hydrogen) atoms. The van der Waals surface area contributed by atoms with E-state index in [1.165, 1.54) is 0 Å². The molecule has 0 bridgehead atoms. The molecule has 3 heteroatoms. The zero-order valence-electron chi connectivity index (χ0n) is 9.88. The van der Waals surface area contributed by atoms with Gasteiger partial charge in [-0.05, 0) is 19.1 Å². The molecular formula is C15H11NO2. The van der Waals surface area contributed by atoms with E-state index in [1.807, 2.05) is 36.4 Å². The summed E-state index contributed by atoms with van der Waals surface area (Å²) in [7, 11) is 0. The fourth-order valence-corrected chi connectivity index (χ4v) is 1.96. The number of Topliss-reactive ketones (excluding diaryl/α,β-unsaturated/α-hetero) is 1. The van der Waals surface area contributed by atoms with Crippen molar-refractivity contribution in [3.05, 3.63) is 54.1 Å². The molecule has 0 radical (unpaired) electrons. The third-order valence-electron chi connectivity index (χ3n) is 2.92. The summed E-state index contributed by atoms with van der Waals surface area (Å²) in [5.41, 5.74) is 2.34. The van der Waals surface area contributed by atoms with Crippen molar-refractivity contribution < 1.29 is 9.32 Å². The van der Waals surface area contributed by atoms with Crippen LogP contribution >= 0.6 is 0 Å². The van der Waals surface area contributed by atoms with Gasteiger partial charge in [-0.15, -0.1) is 0 Å². The van der Waals surface area contributed by atoms with Crippen LogP contribution in [0.15, 0.2) is 53.1 Å². The van der Waals surface area contributed by atoms with Crippen molar-refractivity contribution in [3.8, 4) is 11.3 Å². The van der Waals surface area contributed by atoms with E-state index < -0.39 is 0 Å². The highest BCUT2D eigenvalue weighted by Crippen LogP contribution is 2.28. The van der Waals surface area contributed by atoms with Crippen LogP contribution < -0.4 is 0 Å². The first-order chi connectivity index (χ1) is 8.75. The molecule has 1 heterocycles. The Morgan fingerprint density at radius 2 is 1.89 bits per heavy atom. The Kier molecular flexibility index (Phi) is 2.45. The predicted molar refractivity (Wildman–Crippen MR) is 69.4 cm³/mol. The van der Waals surface area contributed by atoms with Crippen molar-refractivity contribution in [2.75, 3.05) is 0 Å². The van der Waals surface area contributed by atoms with Crippen molar-refractivity contribution in [3.63, 3.8) is 0 Å². The molecule has 88 valence electrons. The molecular weight excluding hydrogens is 226 g/mol. The molecule has 0 fully saturated rings. The Hall–Kier alpha value is -2.42. The largest absolute Gasteiger partial charge is 0.355 e. The number of hydrogen-bond donors (Lipinski definition) is 0. The summed E-state index contributed by atoms with van der Waals surface area (Å²) >= 11 is 0. The van der Waals surface area contributed by atoms with Gasteiger partial charge in [-0.1, -0.05) is 41.6 Å². The van der Waals surface area contributed by atoms with Gasteiger partial charge >= 0.3 is 0 Å². The highest BCUT2D eigenvalue weighted by molar-refractivity contribution is 6.00. The van der Waals surface area contributed by atoms with E-state index in [2.05, 4.69) is 5.16 Å². The first-order valence-electron chi connectivity index (χ1n) is 5.71. The van der Waals surface area contributed by atoms with Gasteiger partial charge in [0.1, 0.15) is 5.52 Å². The number of carbonyl (C=O) groups excluding carboxylic acids is 1. The molecule has 0 saturated heterocycles. The number of fused-ring (bicyclic) bond motifs is 1. The summed E-state index contributed by atoms with van der Waals surface area (Å²) in [5, 5.41) is 4.93. The maximum Gasteiger partial charge on any atom is 0.174 e. The van der Waals surface area contributed by atoms with Gasteiger partial charge in [0.05, 0.1) is 0 Å². The SMILES string of the molecule is CC(=O)c1ccc2c(-c3ccccc3)onc2c1. The lowest BCUT2D eigenvalue weighted by atomic mass is 10.1. The van der Waals surface area contributed by atoms with E-state index in [0.717, 1.165) is 16.7 Å². The minimum atomic E-state index is 0.0289. The fraction of sp³-hybridized carbons (Fsp3) is 0.0667. The molecule has 0 spiro atoms. The molecule has 3 rings (SSSR count). The highest BCUT2D eigenvalue weighted by atomic mass is 16.5. The van der Waals surface area contributed by atoms with E-state index in [4.69, 9.17) is 4.52 Å². The third kappa shape index (κ3) is 1.70. The second-order valence-electron chi connectivity index (χ2n) is 4.17. The predicted octanol–water partition coefficient (Wildman–Crippen LogP) is 3.70. The molecule has 0 N–H and O–H groups in total. The number of rotatable bonds is 2. The van der Waals surface area contributed by atoms with Crippen LogP contribution in [0.25, 0.3) is 22.2 Å². The van der Waals surface area contributed by atoms with Gasteiger partial charge in [0.15, 0.2) is 11.5 Å². The molecule has 0 unspecified atom stereocenters. The standard InChI is InChI=1S/C15H11NO2/c1-10(17)12-7-8-13-14(9-12)16-18-15(13)11-5-3-2-4-6-11/h2-9H,1H3. The summed E-state index contributed by atoms with van der Waals surface area (Å²) in [6.07, 6.45) is 0. The topological polar surface area (TPSA) is 43.1 Å². The fourth-order valence-electron chi connectivity index (χ4n) is 1.96. The summed E-state index contributed by atoms with van der Waals surface area (Å²) < 4.78 is 5.37. The van der Waals surface area contributed by atoms with Gasteiger partial charge in [-0.25, -0.2) is 0 Å². The number of benzene rings is 2. The second-order valence-corrected chi connectivity index (χ2v) is 4.17. The Bertz CT molecular complexity index is 714. The maximum atomic E-state index is 11.3. The summed E-state index contributed by atoms with van der Waals surface area (Å²) in [6.45, 7) is 1.54. The van der Waals surface area contributed by atoms with Crippen LogP contribution in [0.4, 0.5) is 0 Å². The monoisotopic (exact) mass is 237 g/mol. The molecule has 0 amide bonds. The van der Waals surface area contributed by atoms with Gasteiger partial charge in [0.2, 0.25) is 0 Å². The zero-order valence-corrected chi connectivity index (χ0v) is 9.88. The van der Waals surface area contributed by atoms with E-state index in [1.54, 1.807) is 19.1 Å².